The van der Waals surface area contributed by atoms with E-state index in [0.29, 0.717) is 19.6 Å². The van der Waals surface area contributed by atoms with E-state index in [4.69, 9.17) is 9.72 Å². The molecule has 0 radical (unpaired) electrons. The molecule has 152 valence electrons. The molecule has 2 aliphatic rings. The van der Waals surface area contributed by atoms with Crippen LogP contribution in [0.15, 0.2) is 35.4 Å². The Morgan fingerprint density at radius 2 is 2.00 bits per heavy atom. The van der Waals surface area contributed by atoms with Gasteiger partial charge in [0, 0.05) is 18.7 Å². The van der Waals surface area contributed by atoms with Crippen LogP contribution in [0.5, 0.6) is 0 Å². The van der Waals surface area contributed by atoms with E-state index in [2.05, 4.69) is 15.3 Å². The van der Waals surface area contributed by atoms with E-state index in [-0.39, 0.29) is 5.91 Å². The zero-order valence-electron chi connectivity index (χ0n) is 16.4. The molecule has 0 saturated carbocycles. The van der Waals surface area contributed by atoms with E-state index in [9.17, 15) is 9.59 Å². The van der Waals surface area contributed by atoms with E-state index in [1.807, 2.05) is 37.3 Å². The Hall–Kier alpha value is -2.78. The smallest absolute Gasteiger partial charge is 0.346 e. The number of rotatable bonds is 5. The van der Waals surface area contributed by atoms with E-state index >= 15 is 0 Å². The molecule has 0 spiro atoms. The molecule has 2 fully saturated rings. The molecule has 0 bridgehead atoms. The molecule has 2 aliphatic heterocycles. The van der Waals surface area contributed by atoms with Crippen molar-refractivity contribution in [3.05, 3.63) is 35.2 Å². The molecule has 3 amide bonds. The Morgan fingerprint density at radius 1 is 1.28 bits per heavy atom. The third-order valence-corrected chi connectivity index (χ3v) is 6.26. The van der Waals surface area contributed by atoms with Crippen molar-refractivity contribution in [2.24, 2.45) is 5.10 Å². The highest BCUT2D eigenvalue weighted by molar-refractivity contribution is 7.17. The summed E-state index contributed by atoms with van der Waals surface area (Å²) in [5.74, 6) is -0.347. The minimum Gasteiger partial charge on any atom is -0.378 e. The Morgan fingerprint density at radius 3 is 2.66 bits per heavy atom. The van der Waals surface area contributed by atoms with Gasteiger partial charge < -0.3 is 15.0 Å². The number of aromatic nitrogens is 1. The van der Waals surface area contributed by atoms with Crippen LogP contribution in [0.3, 0.4) is 0 Å². The van der Waals surface area contributed by atoms with Crippen LogP contribution in [0.25, 0.3) is 11.3 Å². The van der Waals surface area contributed by atoms with Gasteiger partial charge in [0.05, 0.1) is 30.0 Å². The number of amides is 3. The van der Waals surface area contributed by atoms with Gasteiger partial charge in [0.2, 0.25) is 0 Å². The fraction of sp³-hybridized carbons (Fsp3) is 0.400. The lowest BCUT2D eigenvalue weighted by Crippen LogP contribution is -2.42. The summed E-state index contributed by atoms with van der Waals surface area (Å²) in [7, 11) is 0. The van der Waals surface area contributed by atoms with Crippen LogP contribution in [-0.4, -0.2) is 60.0 Å². The molecule has 1 N–H and O–H groups in total. The fourth-order valence-corrected chi connectivity index (χ4v) is 4.23. The van der Waals surface area contributed by atoms with Crippen LogP contribution in [0.1, 0.15) is 25.1 Å². The molecule has 9 heteroatoms. The molecular formula is C20H23N5O3S. The lowest BCUT2D eigenvalue weighted by Gasteiger charge is -2.26. The third kappa shape index (κ3) is 3.75. The monoisotopic (exact) mass is 413 g/mol. The van der Waals surface area contributed by atoms with Crippen LogP contribution >= 0.6 is 11.3 Å². The van der Waals surface area contributed by atoms with Crippen LogP contribution < -0.4 is 10.2 Å². The van der Waals surface area contributed by atoms with Crippen LogP contribution in [-0.2, 0) is 9.53 Å². The van der Waals surface area contributed by atoms with E-state index in [0.717, 1.165) is 39.4 Å². The quantitative estimate of drug-likeness (QED) is 0.602. The number of benzene rings is 1. The number of hydrogen-bond acceptors (Lipinski definition) is 7. The van der Waals surface area contributed by atoms with Gasteiger partial charge in [-0.25, -0.2) is 9.78 Å². The predicted octanol–water partition coefficient (Wildman–Crippen LogP) is 2.70. The molecule has 1 aromatic carbocycles. The Kier molecular flexibility index (Phi) is 5.33. The van der Waals surface area contributed by atoms with Gasteiger partial charge in [-0.3, -0.25) is 4.79 Å². The highest BCUT2D eigenvalue weighted by Gasteiger charge is 2.46. The second-order valence-corrected chi connectivity index (χ2v) is 8.16. The summed E-state index contributed by atoms with van der Waals surface area (Å²) in [6.45, 7) is 6.46. The standard InChI is InChI=1S/C20H23N5O3S/c1-3-20(2)17(26)25(18(27)23-20)21-13-15-16(14-7-5-4-6-8-14)22-19(29-15)24-9-11-28-12-10-24/h4-8,13H,3,9-12H2,1-2H3,(H,23,27). The second-order valence-electron chi connectivity index (χ2n) is 7.15. The van der Waals surface area contributed by atoms with Crippen molar-refractivity contribution in [3.63, 3.8) is 0 Å². The van der Waals surface area contributed by atoms with Gasteiger partial charge >= 0.3 is 6.03 Å². The molecular weight excluding hydrogens is 390 g/mol. The van der Waals surface area contributed by atoms with E-state index in [1.54, 1.807) is 13.1 Å². The predicted molar refractivity (Wildman–Crippen MR) is 112 cm³/mol. The van der Waals surface area contributed by atoms with Crippen LogP contribution in [0.2, 0.25) is 0 Å². The number of urea groups is 1. The van der Waals surface area contributed by atoms with E-state index < -0.39 is 11.6 Å². The zero-order valence-corrected chi connectivity index (χ0v) is 17.2. The average molecular weight is 414 g/mol. The normalized spacial score (nSPS) is 22.6. The van der Waals surface area contributed by atoms with Gasteiger partial charge in [-0.1, -0.05) is 48.6 Å². The number of carbonyl (C=O) groups excluding carboxylic acids is 2. The molecule has 1 atom stereocenters. The number of anilines is 1. The molecule has 8 nitrogen and oxygen atoms in total. The minimum atomic E-state index is -0.913. The van der Waals surface area contributed by atoms with Crippen molar-refractivity contribution < 1.29 is 14.3 Å². The molecule has 3 heterocycles. The maximum atomic E-state index is 12.6. The number of hydrogen-bond donors (Lipinski definition) is 1. The van der Waals surface area contributed by atoms with Crippen molar-refractivity contribution in [3.8, 4) is 11.3 Å². The number of nitrogens with zero attached hydrogens (tertiary/aromatic N) is 4. The van der Waals surface area contributed by atoms with Crippen molar-refractivity contribution >= 4 is 34.6 Å². The van der Waals surface area contributed by atoms with Crippen molar-refractivity contribution in [1.82, 2.24) is 15.3 Å². The topological polar surface area (TPSA) is 87.1 Å². The molecule has 0 aliphatic carbocycles. The number of thiazole rings is 1. The third-order valence-electron chi connectivity index (χ3n) is 5.21. The van der Waals surface area contributed by atoms with Crippen molar-refractivity contribution in [2.45, 2.75) is 25.8 Å². The van der Waals surface area contributed by atoms with E-state index in [1.165, 1.54) is 11.3 Å². The number of imide groups is 1. The number of morpholine rings is 1. The van der Waals surface area contributed by atoms with Crippen molar-refractivity contribution in [2.75, 3.05) is 31.2 Å². The van der Waals surface area contributed by atoms with Gasteiger partial charge in [0.15, 0.2) is 5.13 Å². The first-order valence-corrected chi connectivity index (χ1v) is 10.4. The lowest BCUT2D eigenvalue weighted by atomic mass is 10.00. The Bertz CT molecular complexity index is 939. The highest BCUT2D eigenvalue weighted by atomic mass is 32.1. The number of hydrazone groups is 1. The van der Waals surface area contributed by atoms with Gasteiger partial charge in [-0.15, -0.1) is 5.01 Å². The summed E-state index contributed by atoms with van der Waals surface area (Å²) in [4.78, 5) is 32.6. The zero-order chi connectivity index (χ0) is 20.4. The molecule has 2 aromatic rings. The molecule has 1 unspecified atom stereocenters. The maximum Gasteiger partial charge on any atom is 0.346 e. The first-order chi connectivity index (χ1) is 14.0. The fourth-order valence-electron chi connectivity index (χ4n) is 3.22. The number of nitrogens with one attached hydrogen (secondary N) is 1. The van der Waals surface area contributed by atoms with Gasteiger partial charge in [-0.2, -0.15) is 5.10 Å². The Balaban J connectivity index is 1.67. The second kappa shape index (κ2) is 7.92. The number of ether oxygens (including phenoxy) is 1. The molecule has 1 aromatic heterocycles. The van der Waals surface area contributed by atoms with Gasteiger partial charge in [0.25, 0.3) is 5.91 Å². The molecule has 29 heavy (non-hydrogen) atoms. The molecule has 2 saturated heterocycles. The van der Waals surface area contributed by atoms with Crippen LogP contribution in [0.4, 0.5) is 9.93 Å². The molecule has 4 rings (SSSR count). The summed E-state index contributed by atoms with van der Waals surface area (Å²) >= 11 is 1.49. The summed E-state index contributed by atoms with van der Waals surface area (Å²) in [5, 5.41) is 8.71. The minimum absolute atomic E-state index is 0.347. The maximum absolute atomic E-state index is 12.6. The first-order valence-electron chi connectivity index (χ1n) is 9.61. The lowest BCUT2D eigenvalue weighted by molar-refractivity contribution is -0.130. The largest absolute Gasteiger partial charge is 0.378 e. The summed E-state index contributed by atoms with van der Waals surface area (Å²) in [5.41, 5.74) is 0.829. The van der Waals surface area contributed by atoms with Crippen molar-refractivity contribution in [1.29, 1.82) is 0 Å². The summed E-state index contributed by atoms with van der Waals surface area (Å²) in [6, 6.07) is 9.32. The van der Waals surface area contributed by atoms with Crippen LogP contribution in [0, 0.1) is 0 Å². The number of carbonyl (C=O) groups is 2. The SMILES string of the molecule is CCC1(C)NC(=O)N(N=Cc2sc(N3CCOCC3)nc2-c2ccccc2)C1=O. The van der Waals surface area contributed by atoms with Gasteiger partial charge in [-0.05, 0) is 13.3 Å². The highest BCUT2D eigenvalue weighted by Crippen LogP contribution is 2.32. The average Bonchev–Trinajstić information content (AvgIpc) is 3.27. The Labute approximate surface area is 173 Å². The summed E-state index contributed by atoms with van der Waals surface area (Å²) in [6.07, 6.45) is 2.06. The summed E-state index contributed by atoms with van der Waals surface area (Å²) < 4.78 is 5.43. The first kappa shape index (κ1) is 19.5. The van der Waals surface area contributed by atoms with Gasteiger partial charge in [0.1, 0.15) is 5.54 Å².